The van der Waals surface area contributed by atoms with Gasteiger partial charge in [0.2, 0.25) is 5.91 Å². The summed E-state index contributed by atoms with van der Waals surface area (Å²) in [5.41, 5.74) is 1.23. The highest BCUT2D eigenvalue weighted by Gasteiger charge is 2.19. The molecule has 1 aromatic rings. The van der Waals surface area contributed by atoms with Gasteiger partial charge in [-0.2, -0.15) is 0 Å². The van der Waals surface area contributed by atoms with E-state index in [4.69, 9.17) is 0 Å². The number of carbonyl (C=O) groups is 1. The smallest absolute Gasteiger partial charge is 0.237 e. The van der Waals surface area contributed by atoms with Crippen LogP contribution in [-0.4, -0.2) is 18.5 Å². The lowest BCUT2D eigenvalue weighted by atomic mass is 10.1. The van der Waals surface area contributed by atoms with Crippen LogP contribution in [0.25, 0.3) is 0 Å². The molecule has 16 heavy (non-hydrogen) atoms. The van der Waals surface area contributed by atoms with Gasteiger partial charge in [-0.3, -0.25) is 4.79 Å². The Morgan fingerprint density at radius 3 is 3.19 bits per heavy atom. The quantitative estimate of drug-likeness (QED) is 0.899. The fourth-order valence-corrected chi connectivity index (χ4v) is 3.02. The molecule has 1 aliphatic rings. The third-order valence-corrected chi connectivity index (χ3v) is 4.26. The summed E-state index contributed by atoms with van der Waals surface area (Å²) in [5.74, 6) is 0.145. The minimum absolute atomic E-state index is 0.0267. The van der Waals surface area contributed by atoms with Gasteiger partial charge in [-0.1, -0.05) is 0 Å². The lowest BCUT2D eigenvalue weighted by Gasteiger charge is -2.14. The van der Waals surface area contributed by atoms with Crippen molar-refractivity contribution in [2.75, 3.05) is 6.54 Å². The Morgan fingerprint density at radius 2 is 2.44 bits per heavy atom. The first-order valence-corrected chi connectivity index (χ1v) is 7.17. The van der Waals surface area contributed by atoms with Crippen molar-refractivity contribution >= 4 is 33.2 Å². The summed E-state index contributed by atoms with van der Waals surface area (Å²) in [4.78, 5) is 11.7. The van der Waals surface area contributed by atoms with Gasteiger partial charge in [-0.05, 0) is 52.2 Å². The molecule has 1 aliphatic heterocycles. The predicted octanol–water partition coefficient (Wildman–Crippen LogP) is 2.27. The van der Waals surface area contributed by atoms with Gasteiger partial charge in [-0.15, -0.1) is 11.3 Å². The average molecular weight is 303 g/mol. The highest BCUT2D eigenvalue weighted by atomic mass is 79.9. The summed E-state index contributed by atoms with van der Waals surface area (Å²) in [6.07, 6.45) is 3.15. The number of halogens is 1. The minimum Gasteiger partial charge on any atom is -0.355 e. The molecule has 0 saturated carbocycles. The first-order chi connectivity index (χ1) is 7.75. The van der Waals surface area contributed by atoms with Crippen molar-refractivity contribution in [3.8, 4) is 0 Å². The number of carbonyl (C=O) groups excluding carboxylic acids is 1. The molecule has 1 aromatic heterocycles. The van der Waals surface area contributed by atoms with E-state index in [0.29, 0.717) is 0 Å². The maximum Gasteiger partial charge on any atom is 0.237 e. The summed E-state index contributed by atoms with van der Waals surface area (Å²) in [6.45, 7) is 1.58. The fourth-order valence-electron chi connectivity index (χ4n) is 1.81. The van der Waals surface area contributed by atoms with Crippen LogP contribution in [0.1, 0.15) is 24.8 Å². The van der Waals surface area contributed by atoms with E-state index >= 15 is 0 Å². The van der Waals surface area contributed by atoms with Crippen LogP contribution in [0, 0.1) is 0 Å². The van der Waals surface area contributed by atoms with Gasteiger partial charge in [0.05, 0.1) is 9.83 Å². The van der Waals surface area contributed by atoms with E-state index in [0.717, 1.165) is 36.1 Å². The summed E-state index contributed by atoms with van der Waals surface area (Å²) in [6, 6.07) is 2.06. The summed E-state index contributed by atoms with van der Waals surface area (Å²) in [5, 5.41) is 8.35. The molecule has 1 saturated heterocycles. The normalized spacial score (nSPS) is 21.6. The van der Waals surface area contributed by atoms with E-state index in [1.54, 1.807) is 11.3 Å². The number of hydrogen-bond donors (Lipinski definition) is 2. The van der Waals surface area contributed by atoms with Crippen molar-refractivity contribution in [2.45, 2.75) is 31.8 Å². The van der Waals surface area contributed by atoms with E-state index in [9.17, 15) is 4.79 Å². The number of nitrogens with one attached hydrogen (secondary N) is 2. The highest BCUT2D eigenvalue weighted by Crippen LogP contribution is 2.20. The number of amides is 1. The molecule has 2 rings (SSSR count). The second-order valence-corrected chi connectivity index (χ2v) is 6.27. The van der Waals surface area contributed by atoms with Crippen LogP contribution in [0.3, 0.4) is 0 Å². The Kier molecular flexibility index (Phi) is 4.37. The monoisotopic (exact) mass is 302 g/mol. The summed E-state index contributed by atoms with van der Waals surface area (Å²) < 4.78 is 1.13. The van der Waals surface area contributed by atoms with Gasteiger partial charge >= 0.3 is 0 Å². The molecule has 0 spiro atoms. The Morgan fingerprint density at radius 1 is 1.56 bits per heavy atom. The molecule has 1 unspecified atom stereocenters. The first kappa shape index (κ1) is 12.1. The average Bonchev–Trinajstić information content (AvgIpc) is 2.56. The highest BCUT2D eigenvalue weighted by molar-refractivity contribution is 9.11. The molecule has 3 nitrogen and oxygen atoms in total. The van der Waals surface area contributed by atoms with Crippen molar-refractivity contribution in [2.24, 2.45) is 0 Å². The van der Waals surface area contributed by atoms with Gasteiger partial charge < -0.3 is 10.6 Å². The van der Waals surface area contributed by atoms with Crippen molar-refractivity contribution in [1.29, 1.82) is 0 Å². The standard InChI is InChI=1S/C11H15BrN2OS/c12-10-5-8(7-16-10)6-14-9-3-1-2-4-13-11(9)15/h5,7,9,14H,1-4,6H2,(H,13,15). The van der Waals surface area contributed by atoms with E-state index < -0.39 is 0 Å². The molecule has 1 amide bonds. The third-order valence-electron chi connectivity index (χ3n) is 2.71. The predicted molar refractivity (Wildman–Crippen MR) is 69.5 cm³/mol. The van der Waals surface area contributed by atoms with E-state index in [-0.39, 0.29) is 11.9 Å². The maximum absolute atomic E-state index is 11.7. The zero-order chi connectivity index (χ0) is 11.4. The molecule has 1 fully saturated rings. The summed E-state index contributed by atoms with van der Waals surface area (Å²) in [7, 11) is 0. The van der Waals surface area contributed by atoms with Crippen molar-refractivity contribution in [3.63, 3.8) is 0 Å². The van der Waals surface area contributed by atoms with Crippen LogP contribution in [0.2, 0.25) is 0 Å². The molecule has 0 radical (unpaired) electrons. The lowest BCUT2D eigenvalue weighted by Crippen LogP contribution is -2.42. The molecule has 5 heteroatoms. The van der Waals surface area contributed by atoms with Gasteiger partial charge in [0.15, 0.2) is 0 Å². The molecule has 2 heterocycles. The van der Waals surface area contributed by atoms with Crippen molar-refractivity contribution < 1.29 is 4.79 Å². The van der Waals surface area contributed by atoms with Crippen LogP contribution in [-0.2, 0) is 11.3 Å². The van der Waals surface area contributed by atoms with Crippen molar-refractivity contribution in [1.82, 2.24) is 10.6 Å². The van der Waals surface area contributed by atoms with Gasteiger partial charge in [0.1, 0.15) is 0 Å². The maximum atomic E-state index is 11.7. The third kappa shape index (κ3) is 3.30. The van der Waals surface area contributed by atoms with Crippen LogP contribution < -0.4 is 10.6 Å². The van der Waals surface area contributed by atoms with Gasteiger partial charge in [0.25, 0.3) is 0 Å². The Hall–Kier alpha value is -0.390. The lowest BCUT2D eigenvalue weighted by molar-refractivity contribution is -0.122. The second-order valence-electron chi connectivity index (χ2n) is 3.98. The number of hydrogen-bond acceptors (Lipinski definition) is 3. The second kappa shape index (κ2) is 5.80. The van der Waals surface area contributed by atoms with E-state index in [2.05, 4.69) is 38.0 Å². The molecule has 0 bridgehead atoms. The Labute approximate surface area is 108 Å². The summed E-state index contributed by atoms with van der Waals surface area (Å²) >= 11 is 5.11. The molecule has 0 aromatic carbocycles. The first-order valence-electron chi connectivity index (χ1n) is 5.50. The van der Waals surface area contributed by atoms with Crippen LogP contribution in [0.4, 0.5) is 0 Å². The van der Waals surface area contributed by atoms with Crippen LogP contribution >= 0.6 is 27.3 Å². The van der Waals surface area contributed by atoms with E-state index in [1.807, 2.05) is 0 Å². The molecule has 88 valence electrons. The zero-order valence-electron chi connectivity index (χ0n) is 8.96. The number of thiophene rings is 1. The SMILES string of the molecule is O=C1NCCCCC1NCc1csc(Br)c1. The van der Waals surface area contributed by atoms with Crippen molar-refractivity contribution in [3.05, 3.63) is 20.8 Å². The molecular weight excluding hydrogens is 288 g/mol. The zero-order valence-corrected chi connectivity index (χ0v) is 11.4. The van der Waals surface area contributed by atoms with Gasteiger partial charge in [-0.25, -0.2) is 0 Å². The minimum atomic E-state index is -0.0267. The van der Waals surface area contributed by atoms with Crippen LogP contribution in [0.15, 0.2) is 15.2 Å². The van der Waals surface area contributed by atoms with E-state index in [1.165, 1.54) is 5.56 Å². The molecule has 2 N–H and O–H groups in total. The number of rotatable bonds is 3. The molecule has 0 aliphatic carbocycles. The Bertz CT molecular complexity index is 367. The van der Waals surface area contributed by atoms with Gasteiger partial charge in [0, 0.05) is 13.1 Å². The topological polar surface area (TPSA) is 41.1 Å². The molecule has 1 atom stereocenters. The van der Waals surface area contributed by atoms with Crippen LogP contribution in [0.5, 0.6) is 0 Å². The fraction of sp³-hybridized carbons (Fsp3) is 0.545. The Balaban J connectivity index is 1.86. The molecular formula is C11H15BrN2OS. The largest absolute Gasteiger partial charge is 0.355 e.